The van der Waals surface area contributed by atoms with Gasteiger partial charge in [0.2, 0.25) is 15.9 Å². The Morgan fingerprint density at radius 2 is 1.56 bits per heavy atom. The molecule has 0 N–H and O–H groups in total. The second kappa shape index (κ2) is 6.65. The molecule has 1 aliphatic heterocycles. The van der Waals surface area contributed by atoms with Crippen LogP contribution in [0.4, 0.5) is 5.69 Å². The molecule has 0 unspecified atom stereocenters. The van der Waals surface area contributed by atoms with E-state index in [0.717, 1.165) is 16.5 Å². The molecule has 2 aromatic rings. The molecule has 0 radical (unpaired) electrons. The molecule has 6 nitrogen and oxygen atoms in total. The minimum atomic E-state index is -3.60. The summed E-state index contributed by atoms with van der Waals surface area (Å²) in [5, 5.41) is 1.64. The van der Waals surface area contributed by atoms with Crippen LogP contribution in [0.15, 0.2) is 41.3 Å². The molecular weight excluding hydrogens is 338 g/mol. The number of hydrogen-bond donors (Lipinski definition) is 0. The van der Waals surface area contributed by atoms with Gasteiger partial charge in [-0.05, 0) is 12.1 Å². The van der Waals surface area contributed by atoms with Crippen LogP contribution in [0, 0.1) is 0 Å². The van der Waals surface area contributed by atoms with Crippen LogP contribution < -0.4 is 4.90 Å². The molecule has 0 aliphatic carbocycles. The van der Waals surface area contributed by atoms with Crippen molar-refractivity contribution in [3.63, 3.8) is 0 Å². The summed E-state index contributed by atoms with van der Waals surface area (Å²) < 4.78 is 27.8. The lowest BCUT2D eigenvalue weighted by atomic mass is 10.1. The number of fused-ring (bicyclic) bond motifs is 1. The number of hydrogen-bond acceptors (Lipinski definition) is 4. The van der Waals surface area contributed by atoms with E-state index in [2.05, 4.69) is 0 Å². The van der Waals surface area contributed by atoms with E-state index in [1.54, 1.807) is 17.0 Å². The Morgan fingerprint density at radius 1 is 0.960 bits per heavy atom. The van der Waals surface area contributed by atoms with Gasteiger partial charge in [-0.15, -0.1) is 0 Å². The quantitative estimate of drug-likeness (QED) is 0.836. The highest BCUT2D eigenvalue weighted by Gasteiger charge is 2.30. The van der Waals surface area contributed by atoms with Crippen molar-refractivity contribution in [1.82, 2.24) is 9.21 Å². The molecule has 134 valence electrons. The zero-order valence-electron chi connectivity index (χ0n) is 14.8. The number of amides is 1. The SMILES string of the molecule is CC(=O)N1CCN(S(=O)(=O)c2cccc3c(N(C)C)cccc23)CC1. The number of nitrogens with zero attached hydrogens (tertiary/aromatic N) is 3. The third-order valence-electron chi connectivity index (χ3n) is 4.64. The molecule has 7 heteroatoms. The van der Waals surface area contributed by atoms with Crippen LogP contribution in [0.5, 0.6) is 0 Å². The van der Waals surface area contributed by atoms with Crippen LogP contribution in [0.3, 0.4) is 0 Å². The van der Waals surface area contributed by atoms with Gasteiger partial charge >= 0.3 is 0 Å². The van der Waals surface area contributed by atoms with Gasteiger partial charge < -0.3 is 9.80 Å². The van der Waals surface area contributed by atoms with E-state index in [9.17, 15) is 13.2 Å². The predicted molar refractivity (Wildman–Crippen MR) is 99.3 cm³/mol. The second-order valence-corrected chi connectivity index (χ2v) is 8.34. The zero-order valence-corrected chi connectivity index (χ0v) is 15.6. The number of carbonyl (C=O) groups excluding carboxylic acids is 1. The maximum atomic E-state index is 13.2. The summed E-state index contributed by atoms with van der Waals surface area (Å²) in [6.45, 7) is 3.03. The largest absolute Gasteiger partial charge is 0.377 e. The zero-order chi connectivity index (χ0) is 18.2. The van der Waals surface area contributed by atoms with Crippen LogP contribution in [0.1, 0.15) is 6.92 Å². The molecule has 0 aromatic heterocycles. The van der Waals surface area contributed by atoms with Crippen LogP contribution in [-0.4, -0.2) is 63.8 Å². The minimum Gasteiger partial charge on any atom is -0.377 e. The van der Waals surface area contributed by atoms with Crippen molar-refractivity contribution in [2.24, 2.45) is 0 Å². The fourth-order valence-corrected chi connectivity index (χ4v) is 4.89. The summed E-state index contributed by atoms with van der Waals surface area (Å²) in [7, 11) is 0.279. The maximum Gasteiger partial charge on any atom is 0.243 e. The molecule has 3 rings (SSSR count). The van der Waals surface area contributed by atoms with Crippen LogP contribution in [0.2, 0.25) is 0 Å². The molecule has 0 saturated carbocycles. The first-order chi connectivity index (χ1) is 11.8. The predicted octanol–water partition coefficient (Wildman–Crippen LogP) is 1.76. The van der Waals surface area contributed by atoms with E-state index in [-0.39, 0.29) is 5.91 Å². The Hall–Kier alpha value is -2.12. The van der Waals surface area contributed by atoms with Gasteiger partial charge in [0.25, 0.3) is 0 Å². The van der Waals surface area contributed by atoms with Gasteiger partial charge in [0, 0.05) is 63.7 Å². The first-order valence-corrected chi connectivity index (χ1v) is 9.71. The molecule has 1 saturated heterocycles. The van der Waals surface area contributed by atoms with Crippen molar-refractivity contribution in [3.05, 3.63) is 36.4 Å². The molecule has 0 bridgehead atoms. The van der Waals surface area contributed by atoms with Gasteiger partial charge in [0.1, 0.15) is 0 Å². The maximum absolute atomic E-state index is 13.2. The third-order valence-corrected chi connectivity index (χ3v) is 6.60. The van der Waals surface area contributed by atoms with Gasteiger partial charge in [-0.3, -0.25) is 4.79 Å². The number of anilines is 1. The number of rotatable bonds is 3. The molecule has 1 aliphatic rings. The second-order valence-electron chi connectivity index (χ2n) is 6.43. The normalized spacial score (nSPS) is 16.2. The average Bonchev–Trinajstić information content (AvgIpc) is 2.60. The van der Waals surface area contributed by atoms with Gasteiger partial charge in [-0.25, -0.2) is 8.42 Å². The van der Waals surface area contributed by atoms with Crippen molar-refractivity contribution in [3.8, 4) is 0 Å². The monoisotopic (exact) mass is 361 g/mol. The lowest BCUT2D eigenvalue weighted by molar-refractivity contribution is -0.129. The molecule has 0 spiro atoms. The van der Waals surface area contributed by atoms with Crippen molar-refractivity contribution < 1.29 is 13.2 Å². The van der Waals surface area contributed by atoms with E-state index in [4.69, 9.17) is 0 Å². The van der Waals surface area contributed by atoms with Gasteiger partial charge in [-0.1, -0.05) is 24.3 Å². The van der Waals surface area contributed by atoms with Crippen molar-refractivity contribution in [2.75, 3.05) is 45.2 Å². The lowest BCUT2D eigenvalue weighted by Gasteiger charge is -2.33. The summed E-state index contributed by atoms with van der Waals surface area (Å²) in [5.74, 6) is -0.0159. The van der Waals surface area contributed by atoms with Gasteiger partial charge in [-0.2, -0.15) is 4.31 Å². The fourth-order valence-electron chi connectivity index (χ4n) is 3.26. The number of piperazine rings is 1. The van der Waals surface area contributed by atoms with Crippen molar-refractivity contribution in [1.29, 1.82) is 0 Å². The summed E-state index contributed by atoms with van der Waals surface area (Å²) in [4.78, 5) is 15.4. The van der Waals surface area contributed by atoms with E-state index < -0.39 is 10.0 Å². The Balaban J connectivity index is 2.01. The smallest absolute Gasteiger partial charge is 0.243 e. The molecule has 1 heterocycles. The Labute approximate surface area is 148 Å². The first kappa shape index (κ1) is 17.7. The average molecular weight is 361 g/mol. The summed E-state index contributed by atoms with van der Waals surface area (Å²) >= 11 is 0. The standard InChI is InChI=1S/C18H23N3O3S/c1-14(22)20-10-12-21(13-11-20)25(23,24)18-9-5-6-15-16(18)7-4-8-17(15)19(2)3/h4-9H,10-13H2,1-3H3. The van der Waals surface area contributed by atoms with E-state index in [0.29, 0.717) is 31.1 Å². The van der Waals surface area contributed by atoms with Crippen LogP contribution >= 0.6 is 0 Å². The van der Waals surface area contributed by atoms with E-state index in [1.807, 2.05) is 43.3 Å². The van der Waals surface area contributed by atoms with Gasteiger partial charge in [0.15, 0.2) is 0 Å². The third kappa shape index (κ3) is 3.21. The van der Waals surface area contributed by atoms with Crippen molar-refractivity contribution >= 4 is 32.4 Å². The molecule has 25 heavy (non-hydrogen) atoms. The molecule has 1 fully saturated rings. The topological polar surface area (TPSA) is 60.9 Å². The minimum absolute atomic E-state index is 0.0159. The highest BCUT2D eigenvalue weighted by atomic mass is 32.2. The lowest BCUT2D eigenvalue weighted by Crippen LogP contribution is -2.49. The van der Waals surface area contributed by atoms with Gasteiger partial charge in [0.05, 0.1) is 4.90 Å². The van der Waals surface area contributed by atoms with Crippen LogP contribution in [-0.2, 0) is 14.8 Å². The van der Waals surface area contributed by atoms with E-state index in [1.165, 1.54) is 11.2 Å². The first-order valence-electron chi connectivity index (χ1n) is 8.27. The van der Waals surface area contributed by atoms with E-state index >= 15 is 0 Å². The summed E-state index contributed by atoms with van der Waals surface area (Å²) in [6, 6.07) is 11.1. The Bertz CT molecular complexity index is 901. The molecular formula is C18H23N3O3S. The van der Waals surface area contributed by atoms with Crippen molar-refractivity contribution in [2.45, 2.75) is 11.8 Å². The number of carbonyl (C=O) groups is 1. The summed E-state index contributed by atoms with van der Waals surface area (Å²) in [5.41, 5.74) is 0.982. The molecule has 2 aromatic carbocycles. The Kier molecular flexibility index (Phi) is 4.71. The number of benzene rings is 2. The fraction of sp³-hybridized carbons (Fsp3) is 0.389. The summed E-state index contributed by atoms with van der Waals surface area (Å²) in [6.07, 6.45) is 0. The highest BCUT2D eigenvalue weighted by Crippen LogP contribution is 2.31. The van der Waals surface area contributed by atoms with Crippen LogP contribution in [0.25, 0.3) is 10.8 Å². The Morgan fingerprint density at radius 3 is 2.16 bits per heavy atom. The number of sulfonamides is 1. The molecule has 1 amide bonds. The molecule has 0 atom stereocenters. The highest BCUT2D eigenvalue weighted by molar-refractivity contribution is 7.89.